The highest BCUT2D eigenvalue weighted by atomic mass is 19.1. The van der Waals surface area contributed by atoms with E-state index in [1.54, 1.807) is 17.0 Å². The summed E-state index contributed by atoms with van der Waals surface area (Å²) in [7, 11) is 0. The number of amides is 2. The highest BCUT2D eigenvalue weighted by Crippen LogP contribution is 2.47. The molecular formula is C24H27F2N3O. The van der Waals surface area contributed by atoms with Crippen molar-refractivity contribution in [3.8, 4) is 0 Å². The number of hydrogen-bond donors (Lipinski definition) is 1. The number of likely N-dealkylation sites (tertiary alicyclic amines) is 1. The van der Waals surface area contributed by atoms with Crippen molar-refractivity contribution in [3.05, 3.63) is 71.3 Å². The van der Waals surface area contributed by atoms with Crippen LogP contribution in [0.25, 0.3) is 0 Å². The van der Waals surface area contributed by atoms with E-state index in [0.29, 0.717) is 12.2 Å². The first-order valence-electron chi connectivity index (χ1n) is 10.4. The topological polar surface area (TPSA) is 35.6 Å². The van der Waals surface area contributed by atoms with E-state index in [1.165, 1.54) is 35.9 Å². The van der Waals surface area contributed by atoms with Gasteiger partial charge in [0.25, 0.3) is 0 Å². The van der Waals surface area contributed by atoms with Crippen LogP contribution in [0, 0.1) is 11.6 Å². The largest absolute Gasteiger partial charge is 0.326 e. The molecule has 30 heavy (non-hydrogen) atoms. The minimum atomic E-state index is -0.353. The summed E-state index contributed by atoms with van der Waals surface area (Å²) in [5.41, 5.74) is 3.26. The summed E-state index contributed by atoms with van der Waals surface area (Å²) >= 11 is 0. The van der Waals surface area contributed by atoms with Gasteiger partial charge >= 0.3 is 6.03 Å². The zero-order valence-electron chi connectivity index (χ0n) is 17.4. The van der Waals surface area contributed by atoms with Gasteiger partial charge in [-0.2, -0.15) is 0 Å². The van der Waals surface area contributed by atoms with Crippen LogP contribution in [-0.2, 0) is 5.41 Å². The molecule has 2 aliphatic rings. The van der Waals surface area contributed by atoms with Crippen molar-refractivity contribution in [2.75, 3.05) is 36.4 Å². The summed E-state index contributed by atoms with van der Waals surface area (Å²) < 4.78 is 27.3. The second kappa shape index (κ2) is 8.19. The van der Waals surface area contributed by atoms with Crippen molar-refractivity contribution < 1.29 is 13.6 Å². The molecule has 2 aromatic rings. The second-order valence-corrected chi connectivity index (χ2v) is 8.55. The first-order chi connectivity index (χ1) is 14.4. The number of rotatable bonds is 3. The SMILES string of the molecule is CC(C)=CCN1CCC2(CC1)CN(C(=O)Nc1ccc(F)cc1)c1ccc(F)cc12. The van der Waals surface area contributed by atoms with E-state index in [0.717, 1.165) is 43.7 Å². The van der Waals surface area contributed by atoms with Crippen LogP contribution >= 0.6 is 0 Å². The number of hydrogen-bond acceptors (Lipinski definition) is 2. The van der Waals surface area contributed by atoms with Gasteiger partial charge in [0, 0.05) is 29.9 Å². The fraction of sp³-hybridized carbons (Fsp3) is 0.375. The van der Waals surface area contributed by atoms with Crippen molar-refractivity contribution >= 4 is 17.4 Å². The highest BCUT2D eigenvalue weighted by Gasteiger charge is 2.46. The molecule has 0 bridgehead atoms. The van der Waals surface area contributed by atoms with Crippen LogP contribution in [0.5, 0.6) is 0 Å². The predicted octanol–water partition coefficient (Wildman–Crippen LogP) is 5.32. The normalized spacial score (nSPS) is 17.7. The van der Waals surface area contributed by atoms with Crippen molar-refractivity contribution in [1.82, 2.24) is 4.90 Å². The molecule has 4 nitrogen and oxygen atoms in total. The van der Waals surface area contributed by atoms with Crippen LogP contribution < -0.4 is 10.2 Å². The Balaban J connectivity index is 1.55. The van der Waals surface area contributed by atoms with Crippen molar-refractivity contribution in [3.63, 3.8) is 0 Å². The number of carbonyl (C=O) groups excluding carboxylic acids is 1. The first-order valence-corrected chi connectivity index (χ1v) is 10.4. The molecule has 2 heterocycles. The molecular weight excluding hydrogens is 384 g/mol. The van der Waals surface area contributed by atoms with Gasteiger partial charge in [-0.05, 0) is 87.8 Å². The van der Waals surface area contributed by atoms with Crippen molar-refractivity contribution in [2.24, 2.45) is 0 Å². The van der Waals surface area contributed by atoms with Gasteiger partial charge in [-0.1, -0.05) is 11.6 Å². The van der Waals surface area contributed by atoms with Gasteiger partial charge in [-0.25, -0.2) is 13.6 Å². The summed E-state index contributed by atoms with van der Waals surface area (Å²) in [5, 5.41) is 2.84. The Morgan fingerprint density at radius 3 is 2.40 bits per heavy atom. The molecule has 1 fully saturated rings. The molecule has 0 atom stereocenters. The van der Waals surface area contributed by atoms with Gasteiger partial charge in [0.15, 0.2) is 0 Å². The summed E-state index contributed by atoms with van der Waals surface area (Å²) in [6, 6.07) is 10.1. The van der Waals surface area contributed by atoms with Crippen LogP contribution in [-0.4, -0.2) is 37.1 Å². The maximum atomic E-state index is 14.1. The lowest BCUT2D eigenvalue weighted by atomic mass is 9.74. The van der Waals surface area contributed by atoms with E-state index in [2.05, 4.69) is 30.1 Å². The number of halogens is 2. The minimum absolute atomic E-state index is 0.237. The average Bonchev–Trinajstić information content (AvgIpc) is 3.03. The summed E-state index contributed by atoms with van der Waals surface area (Å²) in [5.74, 6) is -0.630. The van der Waals surface area contributed by atoms with Crippen LogP contribution in [0.1, 0.15) is 32.3 Å². The van der Waals surface area contributed by atoms with Crippen LogP contribution in [0.15, 0.2) is 54.1 Å². The van der Waals surface area contributed by atoms with Gasteiger partial charge in [0.05, 0.1) is 0 Å². The summed E-state index contributed by atoms with van der Waals surface area (Å²) in [6.07, 6.45) is 3.98. The Morgan fingerprint density at radius 1 is 1.07 bits per heavy atom. The van der Waals surface area contributed by atoms with Gasteiger partial charge < -0.3 is 5.32 Å². The quantitative estimate of drug-likeness (QED) is 0.694. The molecule has 1 spiro atoms. The summed E-state index contributed by atoms with van der Waals surface area (Å²) in [6.45, 7) is 7.46. The molecule has 1 saturated heterocycles. The lowest BCUT2D eigenvalue weighted by Gasteiger charge is -2.39. The molecule has 0 saturated carbocycles. The van der Waals surface area contributed by atoms with Gasteiger partial charge in [0.1, 0.15) is 11.6 Å². The zero-order chi connectivity index (χ0) is 21.3. The van der Waals surface area contributed by atoms with E-state index < -0.39 is 0 Å². The van der Waals surface area contributed by atoms with Gasteiger partial charge in [-0.3, -0.25) is 9.80 Å². The van der Waals surface area contributed by atoms with E-state index in [-0.39, 0.29) is 23.1 Å². The fourth-order valence-electron chi connectivity index (χ4n) is 4.45. The molecule has 4 rings (SSSR count). The molecule has 1 N–H and O–H groups in total. The number of allylic oxidation sites excluding steroid dienone is 1. The number of benzene rings is 2. The lowest BCUT2D eigenvalue weighted by molar-refractivity contribution is 0.180. The van der Waals surface area contributed by atoms with Crippen LogP contribution in [0.2, 0.25) is 0 Å². The minimum Gasteiger partial charge on any atom is -0.308 e. The Hall–Kier alpha value is -2.73. The van der Waals surface area contributed by atoms with E-state index in [9.17, 15) is 13.6 Å². The number of anilines is 2. The van der Waals surface area contributed by atoms with Crippen LogP contribution in [0.4, 0.5) is 25.0 Å². The number of carbonyl (C=O) groups is 1. The number of nitrogens with one attached hydrogen (secondary N) is 1. The molecule has 2 amide bonds. The Bertz CT molecular complexity index is 959. The standard InChI is InChI=1S/C24H27F2N3O/c1-17(2)9-12-28-13-10-24(11-14-28)16-29(22-8-5-19(26)15-21(22)24)23(30)27-20-6-3-18(25)4-7-20/h3-9,15H,10-14,16H2,1-2H3,(H,27,30). The van der Waals surface area contributed by atoms with Crippen LogP contribution in [0.3, 0.4) is 0 Å². The Labute approximate surface area is 176 Å². The summed E-state index contributed by atoms with van der Waals surface area (Å²) in [4.78, 5) is 17.1. The smallest absolute Gasteiger partial charge is 0.308 e. The Kier molecular flexibility index (Phi) is 5.60. The number of piperidine rings is 1. The Morgan fingerprint density at radius 2 is 1.73 bits per heavy atom. The second-order valence-electron chi connectivity index (χ2n) is 8.55. The van der Waals surface area contributed by atoms with Gasteiger partial charge in [-0.15, -0.1) is 0 Å². The maximum absolute atomic E-state index is 14.1. The van der Waals surface area contributed by atoms with Crippen molar-refractivity contribution in [1.29, 1.82) is 0 Å². The third-order valence-corrected chi connectivity index (χ3v) is 6.19. The molecule has 158 valence electrons. The molecule has 2 aliphatic heterocycles. The number of nitrogens with zero attached hydrogens (tertiary/aromatic N) is 2. The average molecular weight is 411 g/mol. The van der Waals surface area contributed by atoms with E-state index in [1.807, 2.05) is 0 Å². The predicted molar refractivity (Wildman–Crippen MR) is 116 cm³/mol. The molecule has 6 heteroatoms. The monoisotopic (exact) mass is 411 g/mol. The van der Waals surface area contributed by atoms with Crippen molar-refractivity contribution in [2.45, 2.75) is 32.1 Å². The number of fused-ring (bicyclic) bond motifs is 2. The maximum Gasteiger partial charge on any atom is 0.326 e. The van der Waals surface area contributed by atoms with E-state index >= 15 is 0 Å². The molecule has 0 aliphatic carbocycles. The van der Waals surface area contributed by atoms with Gasteiger partial charge in [0.2, 0.25) is 0 Å². The zero-order valence-corrected chi connectivity index (χ0v) is 17.4. The highest BCUT2D eigenvalue weighted by molar-refractivity contribution is 6.03. The van der Waals surface area contributed by atoms with E-state index in [4.69, 9.17) is 0 Å². The third-order valence-electron chi connectivity index (χ3n) is 6.19. The fourth-order valence-corrected chi connectivity index (χ4v) is 4.45. The molecule has 2 aromatic carbocycles. The molecule has 0 aromatic heterocycles. The molecule has 0 unspecified atom stereocenters. The molecule has 0 radical (unpaired) electrons. The third kappa shape index (κ3) is 4.10. The number of urea groups is 1. The first kappa shape index (κ1) is 20.5. The lowest BCUT2D eigenvalue weighted by Crippen LogP contribution is -2.46.